The van der Waals surface area contributed by atoms with Crippen LogP contribution in [0.2, 0.25) is 0 Å². The van der Waals surface area contributed by atoms with Crippen LogP contribution in [0.3, 0.4) is 0 Å². The van der Waals surface area contributed by atoms with Crippen molar-refractivity contribution < 1.29 is 4.74 Å². The summed E-state index contributed by atoms with van der Waals surface area (Å²) in [5.74, 6) is 0.988. The van der Waals surface area contributed by atoms with Crippen LogP contribution in [0.4, 0.5) is 5.69 Å². The van der Waals surface area contributed by atoms with E-state index in [0.717, 1.165) is 25.3 Å². The zero-order chi connectivity index (χ0) is 13.3. The van der Waals surface area contributed by atoms with E-state index < -0.39 is 0 Å². The fraction of sp³-hybridized carbons (Fsp3) is 0.600. The van der Waals surface area contributed by atoms with E-state index in [-0.39, 0.29) is 11.6 Å². The zero-order valence-electron chi connectivity index (χ0n) is 11.9. The molecule has 0 aliphatic carbocycles. The van der Waals surface area contributed by atoms with Crippen molar-refractivity contribution in [2.75, 3.05) is 18.0 Å². The third kappa shape index (κ3) is 2.78. The molecule has 1 aliphatic heterocycles. The maximum atomic E-state index is 6.04. The van der Waals surface area contributed by atoms with Crippen molar-refractivity contribution in [2.45, 2.75) is 45.8 Å². The molecule has 1 aliphatic rings. The van der Waals surface area contributed by atoms with Crippen LogP contribution in [0.15, 0.2) is 18.2 Å². The Hall–Kier alpha value is -1.22. The largest absolute Gasteiger partial charge is 0.484 e. The Morgan fingerprint density at radius 1 is 1.44 bits per heavy atom. The Morgan fingerprint density at radius 2 is 2.17 bits per heavy atom. The van der Waals surface area contributed by atoms with E-state index in [1.807, 2.05) is 6.92 Å². The van der Waals surface area contributed by atoms with Crippen molar-refractivity contribution in [1.82, 2.24) is 0 Å². The molecule has 3 nitrogen and oxygen atoms in total. The Morgan fingerprint density at radius 3 is 2.78 bits per heavy atom. The average molecular weight is 248 g/mol. The van der Waals surface area contributed by atoms with Crippen LogP contribution in [-0.4, -0.2) is 24.7 Å². The number of likely N-dealkylation sites (N-methyl/N-ethyl adjacent to an activating group) is 1. The van der Waals surface area contributed by atoms with Crippen LogP contribution in [0.25, 0.3) is 0 Å². The Balaban J connectivity index is 2.33. The first-order chi connectivity index (χ1) is 8.41. The number of ether oxygens (including phenoxy) is 1. The Kier molecular flexibility index (Phi) is 3.53. The molecule has 1 atom stereocenters. The molecule has 100 valence electrons. The summed E-state index contributed by atoms with van der Waals surface area (Å²) in [7, 11) is 0. The van der Waals surface area contributed by atoms with Gasteiger partial charge in [0.2, 0.25) is 0 Å². The predicted octanol–water partition coefficient (Wildman–Crippen LogP) is 2.57. The summed E-state index contributed by atoms with van der Waals surface area (Å²) in [5.41, 5.74) is 8.23. The second-order valence-electron chi connectivity index (χ2n) is 5.86. The summed E-state index contributed by atoms with van der Waals surface area (Å²) in [6.45, 7) is 10.4. The van der Waals surface area contributed by atoms with Crippen LogP contribution in [0, 0.1) is 0 Å². The number of hydrogen-bond donors (Lipinski definition) is 1. The van der Waals surface area contributed by atoms with E-state index in [1.54, 1.807) is 0 Å². The highest BCUT2D eigenvalue weighted by molar-refractivity contribution is 5.62. The molecule has 0 spiro atoms. The van der Waals surface area contributed by atoms with Crippen molar-refractivity contribution >= 4 is 5.69 Å². The summed E-state index contributed by atoms with van der Waals surface area (Å²) in [6.07, 6.45) is 0.911. The molecule has 18 heavy (non-hydrogen) atoms. The van der Waals surface area contributed by atoms with E-state index in [9.17, 15) is 0 Å². The second-order valence-corrected chi connectivity index (χ2v) is 5.86. The summed E-state index contributed by atoms with van der Waals surface area (Å²) in [4.78, 5) is 2.38. The van der Waals surface area contributed by atoms with Crippen molar-refractivity contribution in [1.29, 1.82) is 0 Å². The van der Waals surface area contributed by atoms with Gasteiger partial charge in [0.15, 0.2) is 0 Å². The quantitative estimate of drug-likeness (QED) is 0.893. The van der Waals surface area contributed by atoms with Crippen molar-refractivity contribution in [3.05, 3.63) is 23.8 Å². The minimum absolute atomic E-state index is 0.119. The summed E-state index contributed by atoms with van der Waals surface area (Å²) in [6, 6.07) is 6.62. The molecule has 0 saturated heterocycles. The maximum Gasteiger partial charge on any atom is 0.143 e. The van der Waals surface area contributed by atoms with Crippen LogP contribution in [0.5, 0.6) is 5.75 Å². The second kappa shape index (κ2) is 4.81. The summed E-state index contributed by atoms with van der Waals surface area (Å²) in [5, 5.41) is 0. The maximum absolute atomic E-state index is 6.04. The molecule has 1 aromatic rings. The lowest BCUT2D eigenvalue weighted by atomic mass is 10.0. The minimum atomic E-state index is -0.119. The molecular formula is C15H24N2O. The number of benzene rings is 1. The molecule has 0 bridgehead atoms. The molecule has 1 heterocycles. The van der Waals surface area contributed by atoms with Crippen LogP contribution < -0.4 is 15.4 Å². The standard InChI is InChI=1S/C15H24N2O/c1-5-17-10-15(3,4)18-14-7-6-12(8-11(2)16)9-13(14)17/h6-7,9,11H,5,8,10,16H2,1-4H3. The highest BCUT2D eigenvalue weighted by Gasteiger charge is 2.30. The van der Waals surface area contributed by atoms with Gasteiger partial charge in [-0.05, 0) is 51.8 Å². The van der Waals surface area contributed by atoms with Gasteiger partial charge in [0.25, 0.3) is 0 Å². The smallest absolute Gasteiger partial charge is 0.143 e. The first-order valence-corrected chi connectivity index (χ1v) is 6.74. The third-order valence-electron chi connectivity index (χ3n) is 3.26. The van der Waals surface area contributed by atoms with E-state index in [0.29, 0.717) is 0 Å². The molecule has 3 heteroatoms. The van der Waals surface area contributed by atoms with Gasteiger partial charge in [-0.15, -0.1) is 0 Å². The number of anilines is 1. The minimum Gasteiger partial charge on any atom is -0.484 e. The Labute approximate surface area is 110 Å². The van der Waals surface area contributed by atoms with Crippen LogP contribution >= 0.6 is 0 Å². The molecular weight excluding hydrogens is 224 g/mol. The fourth-order valence-electron chi connectivity index (χ4n) is 2.55. The molecule has 0 fully saturated rings. The molecule has 0 radical (unpaired) electrons. The zero-order valence-corrected chi connectivity index (χ0v) is 11.9. The molecule has 0 amide bonds. The number of nitrogens with two attached hydrogens (primary N) is 1. The lowest BCUT2D eigenvalue weighted by molar-refractivity contribution is 0.105. The van der Waals surface area contributed by atoms with Crippen molar-refractivity contribution in [3.8, 4) is 5.75 Å². The van der Waals surface area contributed by atoms with E-state index in [2.05, 4.69) is 43.9 Å². The molecule has 1 unspecified atom stereocenters. The average Bonchev–Trinajstić information content (AvgIpc) is 2.27. The first-order valence-electron chi connectivity index (χ1n) is 6.74. The van der Waals surface area contributed by atoms with Gasteiger partial charge < -0.3 is 15.4 Å². The highest BCUT2D eigenvalue weighted by Crippen LogP contribution is 2.37. The van der Waals surface area contributed by atoms with Crippen LogP contribution in [0.1, 0.15) is 33.3 Å². The van der Waals surface area contributed by atoms with Gasteiger partial charge in [-0.25, -0.2) is 0 Å². The van der Waals surface area contributed by atoms with E-state index in [1.165, 1.54) is 11.3 Å². The normalized spacial score (nSPS) is 19.1. The highest BCUT2D eigenvalue weighted by atomic mass is 16.5. The molecule has 2 N–H and O–H groups in total. The van der Waals surface area contributed by atoms with Gasteiger partial charge in [-0.2, -0.15) is 0 Å². The van der Waals surface area contributed by atoms with Crippen LogP contribution in [-0.2, 0) is 6.42 Å². The van der Waals surface area contributed by atoms with Gasteiger partial charge in [-0.1, -0.05) is 6.07 Å². The summed E-state index contributed by atoms with van der Waals surface area (Å²) < 4.78 is 6.04. The monoisotopic (exact) mass is 248 g/mol. The number of fused-ring (bicyclic) bond motifs is 1. The number of rotatable bonds is 3. The molecule has 0 aromatic heterocycles. The van der Waals surface area contributed by atoms with Gasteiger partial charge in [0.05, 0.1) is 12.2 Å². The Bertz CT molecular complexity index is 427. The molecule has 0 saturated carbocycles. The van der Waals surface area contributed by atoms with Gasteiger partial charge in [-0.3, -0.25) is 0 Å². The van der Waals surface area contributed by atoms with Gasteiger partial charge >= 0.3 is 0 Å². The molecule has 1 aromatic carbocycles. The number of nitrogens with zero attached hydrogens (tertiary/aromatic N) is 1. The lowest BCUT2D eigenvalue weighted by Crippen LogP contribution is -2.46. The van der Waals surface area contributed by atoms with Crippen molar-refractivity contribution in [2.24, 2.45) is 5.73 Å². The number of hydrogen-bond acceptors (Lipinski definition) is 3. The fourth-order valence-corrected chi connectivity index (χ4v) is 2.55. The van der Waals surface area contributed by atoms with E-state index >= 15 is 0 Å². The third-order valence-corrected chi connectivity index (χ3v) is 3.26. The van der Waals surface area contributed by atoms with E-state index in [4.69, 9.17) is 10.5 Å². The first kappa shape index (κ1) is 13.2. The molecule has 2 rings (SSSR count). The predicted molar refractivity (Wildman–Crippen MR) is 76.4 cm³/mol. The van der Waals surface area contributed by atoms with Crippen molar-refractivity contribution in [3.63, 3.8) is 0 Å². The summed E-state index contributed by atoms with van der Waals surface area (Å²) >= 11 is 0. The van der Waals surface area contributed by atoms with Gasteiger partial charge in [0.1, 0.15) is 11.4 Å². The van der Waals surface area contributed by atoms with Gasteiger partial charge in [0, 0.05) is 12.6 Å². The SMILES string of the molecule is CCN1CC(C)(C)Oc2ccc(CC(C)N)cc21. The lowest BCUT2D eigenvalue weighted by Gasteiger charge is -2.40. The topological polar surface area (TPSA) is 38.5 Å².